The van der Waals surface area contributed by atoms with Crippen LogP contribution in [0.5, 0.6) is 5.75 Å². The molecule has 0 atom stereocenters. The second-order valence-corrected chi connectivity index (χ2v) is 9.35. The lowest BCUT2D eigenvalue weighted by molar-refractivity contribution is 0.0686. The fourth-order valence-electron chi connectivity index (χ4n) is 4.63. The summed E-state index contributed by atoms with van der Waals surface area (Å²) < 4.78 is 12.3. The number of ether oxygens (including phenoxy) is 1. The van der Waals surface area contributed by atoms with Crippen molar-refractivity contribution in [2.24, 2.45) is 0 Å². The number of carbonyl (C=O) groups is 2. The van der Waals surface area contributed by atoms with Crippen LogP contribution in [-0.2, 0) is 12.8 Å². The first kappa shape index (κ1) is 23.9. The van der Waals surface area contributed by atoms with Crippen LogP contribution in [0.3, 0.4) is 0 Å². The number of para-hydroxylation sites is 1. The van der Waals surface area contributed by atoms with E-state index >= 15 is 0 Å². The van der Waals surface area contributed by atoms with E-state index in [2.05, 4.69) is 6.07 Å². The molecular weight excluding hydrogens is 476 g/mol. The predicted molar refractivity (Wildman–Crippen MR) is 141 cm³/mol. The predicted octanol–water partition coefficient (Wildman–Crippen LogP) is 5.95. The van der Waals surface area contributed by atoms with Crippen molar-refractivity contribution >= 4 is 39.9 Å². The van der Waals surface area contributed by atoms with Crippen molar-refractivity contribution in [3.05, 3.63) is 94.2 Å². The van der Waals surface area contributed by atoms with Gasteiger partial charge in [0, 0.05) is 28.5 Å². The van der Waals surface area contributed by atoms with Crippen LogP contribution in [0.2, 0.25) is 5.02 Å². The molecule has 1 heterocycles. The molecule has 0 unspecified atom stereocenters. The SMILES string of the molecule is Nc1cc(C(=O)CN(CCOc2cccc3c4c(oc23)CCCC4)C(=O)c2ccccc2)ccc1Cl. The van der Waals surface area contributed by atoms with Crippen LogP contribution in [0.15, 0.2) is 71.1 Å². The highest BCUT2D eigenvalue weighted by atomic mass is 35.5. The van der Waals surface area contributed by atoms with Crippen molar-refractivity contribution in [2.75, 3.05) is 25.4 Å². The summed E-state index contributed by atoms with van der Waals surface area (Å²) >= 11 is 6.00. The van der Waals surface area contributed by atoms with E-state index in [4.69, 9.17) is 26.5 Å². The summed E-state index contributed by atoms with van der Waals surface area (Å²) in [5.41, 5.74) is 9.11. The average Bonchev–Trinajstić information content (AvgIpc) is 3.29. The first-order chi connectivity index (χ1) is 17.5. The Morgan fingerprint density at radius 2 is 1.78 bits per heavy atom. The van der Waals surface area contributed by atoms with Gasteiger partial charge in [0.2, 0.25) is 0 Å². The van der Waals surface area contributed by atoms with Gasteiger partial charge in [-0.15, -0.1) is 0 Å². The number of hydrogen-bond acceptors (Lipinski definition) is 5. The molecule has 5 rings (SSSR count). The van der Waals surface area contributed by atoms with E-state index in [0.29, 0.717) is 27.6 Å². The lowest BCUT2D eigenvalue weighted by Gasteiger charge is -2.22. The molecule has 2 N–H and O–H groups in total. The van der Waals surface area contributed by atoms with Gasteiger partial charge < -0.3 is 19.8 Å². The van der Waals surface area contributed by atoms with E-state index in [1.165, 1.54) is 16.5 Å². The molecule has 184 valence electrons. The Bertz CT molecular complexity index is 1410. The first-order valence-electron chi connectivity index (χ1n) is 12.1. The number of Topliss-reactive ketones (excluding diaryl/α,β-unsaturated/α-hetero) is 1. The minimum atomic E-state index is -0.249. The second-order valence-electron chi connectivity index (χ2n) is 8.94. The van der Waals surface area contributed by atoms with Gasteiger partial charge in [-0.1, -0.05) is 41.9 Å². The molecule has 1 amide bonds. The van der Waals surface area contributed by atoms with Gasteiger partial charge in [-0.05, 0) is 55.7 Å². The van der Waals surface area contributed by atoms with Crippen LogP contribution in [0.25, 0.3) is 11.0 Å². The van der Waals surface area contributed by atoms with Crippen LogP contribution in [0.4, 0.5) is 5.69 Å². The molecule has 0 saturated heterocycles. The monoisotopic (exact) mass is 502 g/mol. The van der Waals surface area contributed by atoms with Gasteiger partial charge in [0.25, 0.3) is 5.91 Å². The number of nitrogens with zero attached hydrogens (tertiary/aromatic N) is 1. The van der Waals surface area contributed by atoms with Crippen LogP contribution in [-0.4, -0.2) is 36.3 Å². The third-order valence-electron chi connectivity index (χ3n) is 6.53. The molecule has 4 aromatic rings. The third-order valence-corrected chi connectivity index (χ3v) is 6.87. The highest BCUT2D eigenvalue weighted by Gasteiger charge is 2.22. The number of furan rings is 1. The van der Waals surface area contributed by atoms with Crippen molar-refractivity contribution in [3.8, 4) is 5.75 Å². The van der Waals surface area contributed by atoms with Crippen LogP contribution >= 0.6 is 11.6 Å². The Hall–Kier alpha value is -3.77. The minimum Gasteiger partial charge on any atom is -0.488 e. The molecule has 0 aliphatic heterocycles. The Morgan fingerprint density at radius 1 is 0.972 bits per heavy atom. The standard InChI is InChI=1S/C29H27ClN2O4/c30-23-14-13-20(17-24(23)31)25(33)18-32(29(34)19-7-2-1-3-8-19)15-16-35-27-12-6-10-22-21-9-4-5-11-26(21)36-28(22)27/h1-3,6-8,10,12-14,17H,4-5,9,11,15-16,18,31H2. The molecule has 3 aromatic carbocycles. The van der Waals surface area contributed by atoms with Crippen LogP contribution < -0.4 is 10.5 Å². The van der Waals surface area contributed by atoms with Crippen LogP contribution in [0.1, 0.15) is 44.9 Å². The molecule has 1 aliphatic rings. The molecule has 1 aliphatic carbocycles. The van der Waals surface area contributed by atoms with Gasteiger partial charge in [0.05, 0.1) is 23.8 Å². The van der Waals surface area contributed by atoms with Crippen molar-refractivity contribution in [1.29, 1.82) is 0 Å². The zero-order valence-corrected chi connectivity index (χ0v) is 20.6. The largest absolute Gasteiger partial charge is 0.488 e. The maximum absolute atomic E-state index is 13.3. The lowest BCUT2D eigenvalue weighted by Crippen LogP contribution is -2.38. The molecule has 0 bridgehead atoms. The molecular formula is C29H27ClN2O4. The molecule has 36 heavy (non-hydrogen) atoms. The number of halogens is 1. The number of aryl methyl sites for hydroxylation is 2. The van der Waals surface area contributed by atoms with Gasteiger partial charge in [-0.3, -0.25) is 9.59 Å². The lowest BCUT2D eigenvalue weighted by atomic mass is 9.96. The summed E-state index contributed by atoms with van der Waals surface area (Å²) in [6.45, 7) is 0.315. The molecule has 7 heteroatoms. The number of ketones is 1. The number of nitrogen functional groups attached to an aromatic ring is 1. The summed E-state index contributed by atoms with van der Waals surface area (Å²) in [5.74, 6) is 1.21. The van der Waals surface area contributed by atoms with Gasteiger partial charge in [-0.2, -0.15) is 0 Å². The van der Waals surface area contributed by atoms with E-state index in [0.717, 1.165) is 42.4 Å². The van der Waals surface area contributed by atoms with Gasteiger partial charge in [0.15, 0.2) is 17.1 Å². The Kier molecular flexibility index (Phi) is 6.96. The number of hydrogen-bond donors (Lipinski definition) is 1. The fraction of sp³-hybridized carbons (Fsp3) is 0.241. The van der Waals surface area contributed by atoms with E-state index in [1.807, 2.05) is 18.2 Å². The number of rotatable bonds is 8. The van der Waals surface area contributed by atoms with Gasteiger partial charge >= 0.3 is 0 Å². The number of carbonyl (C=O) groups excluding carboxylic acids is 2. The maximum Gasteiger partial charge on any atom is 0.254 e. The summed E-state index contributed by atoms with van der Waals surface area (Å²) in [6.07, 6.45) is 4.26. The topological polar surface area (TPSA) is 85.8 Å². The molecule has 0 saturated carbocycles. The van der Waals surface area contributed by atoms with Gasteiger partial charge in [0.1, 0.15) is 12.4 Å². The summed E-state index contributed by atoms with van der Waals surface area (Å²) in [4.78, 5) is 27.8. The maximum atomic E-state index is 13.3. The Balaban J connectivity index is 1.34. The molecule has 0 radical (unpaired) electrons. The van der Waals surface area contributed by atoms with E-state index < -0.39 is 0 Å². The highest BCUT2D eigenvalue weighted by Crippen LogP contribution is 2.36. The van der Waals surface area contributed by atoms with Crippen molar-refractivity contribution in [3.63, 3.8) is 0 Å². The number of anilines is 1. The summed E-state index contributed by atoms with van der Waals surface area (Å²) in [5, 5.41) is 1.47. The summed E-state index contributed by atoms with van der Waals surface area (Å²) in [7, 11) is 0. The van der Waals surface area contributed by atoms with Crippen molar-refractivity contribution in [1.82, 2.24) is 4.90 Å². The number of benzene rings is 3. The number of fused-ring (bicyclic) bond motifs is 3. The Morgan fingerprint density at radius 3 is 2.58 bits per heavy atom. The average molecular weight is 503 g/mol. The van der Waals surface area contributed by atoms with E-state index in [1.54, 1.807) is 36.4 Å². The number of nitrogens with two attached hydrogens (primary N) is 1. The number of amides is 1. The van der Waals surface area contributed by atoms with E-state index in [-0.39, 0.29) is 31.4 Å². The molecule has 1 aromatic heterocycles. The van der Waals surface area contributed by atoms with Crippen LogP contribution in [0, 0.1) is 0 Å². The smallest absolute Gasteiger partial charge is 0.254 e. The molecule has 0 spiro atoms. The molecule has 6 nitrogen and oxygen atoms in total. The van der Waals surface area contributed by atoms with Crippen molar-refractivity contribution in [2.45, 2.75) is 25.7 Å². The van der Waals surface area contributed by atoms with E-state index in [9.17, 15) is 9.59 Å². The fourth-order valence-corrected chi connectivity index (χ4v) is 4.75. The second kappa shape index (κ2) is 10.5. The zero-order chi connectivity index (χ0) is 25.1. The van der Waals surface area contributed by atoms with Gasteiger partial charge in [-0.25, -0.2) is 0 Å². The van der Waals surface area contributed by atoms with Crippen molar-refractivity contribution < 1.29 is 18.7 Å². The summed E-state index contributed by atoms with van der Waals surface area (Å²) in [6, 6.07) is 19.5. The Labute approximate surface area is 214 Å². The quantitative estimate of drug-likeness (QED) is 0.237. The third kappa shape index (κ3) is 4.95. The minimum absolute atomic E-state index is 0.114. The zero-order valence-electron chi connectivity index (χ0n) is 19.8. The molecule has 0 fully saturated rings. The first-order valence-corrected chi connectivity index (χ1v) is 12.5. The highest BCUT2D eigenvalue weighted by molar-refractivity contribution is 6.33. The normalized spacial score (nSPS) is 12.8.